The van der Waals surface area contributed by atoms with E-state index in [0.29, 0.717) is 0 Å². The van der Waals surface area contributed by atoms with Crippen molar-refractivity contribution in [1.29, 1.82) is 0 Å². The minimum Gasteiger partial charge on any atom is -0.277 e. The molecule has 30 heavy (non-hydrogen) atoms. The van der Waals surface area contributed by atoms with E-state index < -0.39 is 8.07 Å². The van der Waals surface area contributed by atoms with Gasteiger partial charge < -0.3 is 0 Å². The van der Waals surface area contributed by atoms with Crippen LogP contribution in [0.1, 0.15) is 0 Å². The van der Waals surface area contributed by atoms with Crippen molar-refractivity contribution in [3.63, 3.8) is 0 Å². The van der Waals surface area contributed by atoms with Gasteiger partial charge in [0.25, 0.3) is 0 Å². The standard InChI is InChI=1S/C26H21N3Si/c1-30(2,3)18-14-20-19-12-16-8-4-5-9-17(16)13-23(19)29-25(20)24(15-18)28-22-11-7-6-10-21(22)27-26(28)29/h4-15H,1-3H3. The van der Waals surface area contributed by atoms with E-state index in [1.165, 1.54) is 48.8 Å². The highest BCUT2D eigenvalue weighted by atomic mass is 28.3. The summed E-state index contributed by atoms with van der Waals surface area (Å²) in [6.07, 6.45) is 0. The second-order valence-corrected chi connectivity index (χ2v) is 14.5. The molecule has 3 heterocycles. The van der Waals surface area contributed by atoms with Crippen molar-refractivity contribution < 1.29 is 0 Å². The van der Waals surface area contributed by atoms with E-state index in [1.54, 1.807) is 0 Å². The molecule has 0 fully saturated rings. The lowest BCUT2D eigenvalue weighted by molar-refractivity contribution is 1.22. The van der Waals surface area contributed by atoms with Gasteiger partial charge in [-0.15, -0.1) is 0 Å². The molecule has 7 rings (SSSR count). The Kier molecular flexibility index (Phi) is 2.85. The number of nitrogens with zero attached hydrogens (tertiary/aromatic N) is 3. The lowest BCUT2D eigenvalue weighted by Gasteiger charge is -2.17. The first-order valence-electron chi connectivity index (χ1n) is 10.5. The van der Waals surface area contributed by atoms with Gasteiger partial charge in [-0.05, 0) is 41.1 Å². The van der Waals surface area contributed by atoms with E-state index in [2.05, 4.69) is 101 Å². The van der Waals surface area contributed by atoms with Gasteiger partial charge in [0.2, 0.25) is 5.78 Å². The van der Waals surface area contributed by atoms with Gasteiger partial charge in [0.1, 0.15) is 0 Å². The molecular weight excluding hydrogens is 382 g/mol. The Bertz CT molecular complexity index is 1780. The normalized spacial score (nSPS) is 13.2. The number of imidazole rings is 2. The Labute approximate surface area is 174 Å². The molecule has 144 valence electrons. The molecule has 0 saturated carbocycles. The van der Waals surface area contributed by atoms with Crippen molar-refractivity contribution in [3.05, 3.63) is 72.8 Å². The fourth-order valence-electron chi connectivity index (χ4n) is 5.02. The molecule has 0 aliphatic rings. The Balaban J connectivity index is 1.84. The van der Waals surface area contributed by atoms with Crippen LogP contribution in [0.5, 0.6) is 0 Å². The lowest BCUT2D eigenvalue weighted by Crippen LogP contribution is -2.37. The van der Waals surface area contributed by atoms with Crippen LogP contribution in [0.25, 0.3) is 54.9 Å². The maximum atomic E-state index is 5.06. The van der Waals surface area contributed by atoms with E-state index in [-0.39, 0.29) is 0 Å². The third kappa shape index (κ3) is 1.92. The minimum atomic E-state index is -1.50. The van der Waals surface area contributed by atoms with Crippen molar-refractivity contribution in [1.82, 2.24) is 13.8 Å². The zero-order chi connectivity index (χ0) is 20.2. The van der Waals surface area contributed by atoms with Crippen LogP contribution >= 0.6 is 0 Å². The average molecular weight is 404 g/mol. The summed E-state index contributed by atoms with van der Waals surface area (Å²) in [4.78, 5) is 5.06. The predicted octanol–water partition coefficient (Wildman–Crippen LogP) is 6.18. The van der Waals surface area contributed by atoms with Crippen LogP contribution in [0.4, 0.5) is 0 Å². The fraction of sp³-hybridized carbons (Fsp3) is 0.115. The Morgan fingerprint density at radius 1 is 0.667 bits per heavy atom. The van der Waals surface area contributed by atoms with E-state index in [0.717, 1.165) is 11.3 Å². The zero-order valence-electron chi connectivity index (χ0n) is 17.3. The quantitative estimate of drug-likeness (QED) is 0.300. The Hall–Kier alpha value is -3.37. The van der Waals surface area contributed by atoms with Crippen molar-refractivity contribution in [2.24, 2.45) is 0 Å². The molecule has 3 aromatic heterocycles. The molecule has 0 amide bonds. The largest absolute Gasteiger partial charge is 0.277 e. The van der Waals surface area contributed by atoms with Gasteiger partial charge in [-0.3, -0.25) is 8.80 Å². The van der Waals surface area contributed by atoms with Gasteiger partial charge in [0.15, 0.2) is 0 Å². The molecular formula is C26H21N3Si. The third-order valence-electron chi connectivity index (χ3n) is 6.56. The molecule has 0 saturated heterocycles. The Morgan fingerprint density at radius 2 is 1.40 bits per heavy atom. The molecule has 7 aromatic rings. The van der Waals surface area contributed by atoms with Gasteiger partial charge in [0.05, 0.1) is 35.7 Å². The van der Waals surface area contributed by atoms with Crippen LogP contribution in [-0.2, 0) is 0 Å². The molecule has 0 aliphatic carbocycles. The molecule has 0 spiro atoms. The van der Waals surface area contributed by atoms with E-state index >= 15 is 0 Å². The average Bonchev–Trinajstić information content (AvgIpc) is 3.36. The number of aromatic nitrogens is 3. The smallest absolute Gasteiger partial charge is 0.220 e. The number of hydrogen-bond donors (Lipinski definition) is 0. The van der Waals surface area contributed by atoms with Crippen LogP contribution in [0.15, 0.2) is 72.8 Å². The summed E-state index contributed by atoms with van der Waals surface area (Å²) in [5.41, 5.74) is 6.03. The molecule has 3 nitrogen and oxygen atoms in total. The molecule has 0 atom stereocenters. The van der Waals surface area contributed by atoms with E-state index in [4.69, 9.17) is 4.98 Å². The molecule has 0 unspecified atom stereocenters. The molecule has 0 N–H and O–H groups in total. The van der Waals surface area contributed by atoms with Gasteiger partial charge in [-0.2, -0.15) is 0 Å². The molecule has 0 aliphatic heterocycles. The summed E-state index contributed by atoms with van der Waals surface area (Å²) >= 11 is 0. The number of para-hydroxylation sites is 2. The maximum Gasteiger partial charge on any atom is 0.220 e. The second kappa shape index (κ2) is 5.21. The first-order valence-corrected chi connectivity index (χ1v) is 14.0. The third-order valence-corrected chi connectivity index (χ3v) is 8.58. The number of hydrogen-bond acceptors (Lipinski definition) is 1. The van der Waals surface area contributed by atoms with E-state index in [9.17, 15) is 0 Å². The van der Waals surface area contributed by atoms with Gasteiger partial charge in [-0.1, -0.05) is 67.3 Å². The van der Waals surface area contributed by atoms with Crippen molar-refractivity contribution in [2.75, 3.05) is 0 Å². The van der Waals surface area contributed by atoms with Crippen molar-refractivity contribution >= 4 is 68.2 Å². The molecule has 4 heteroatoms. The second-order valence-electron chi connectivity index (χ2n) is 9.43. The summed E-state index contributed by atoms with van der Waals surface area (Å²) in [5.74, 6) is 1.01. The van der Waals surface area contributed by atoms with Crippen LogP contribution in [-0.4, -0.2) is 21.9 Å². The maximum absolute atomic E-state index is 5.06. The topological polar surface area (TPSA) is 21.7 Å². The molecule has 4 aromatic carbocycles. The van der Waals surface area contributed by atoms with Crippen molar-refractivity contribution in [3.8, 4) is 0 Å². The number of rotatable bonds is 1. The van der Waals surface area contributed by atoms with Gasteiger partial charge >= 0.3 is 0 Å². The zero-order valence-corrected chi connectivity index (χ0v) is 18.3. The Morgan fingerprint density at radius 3 is 2.20 bits per heavy atom. The van der Waals surface area contributed by atoms with Gasteiger partial charge in [-0.25, -0.2) is 4.98 Å². The minimum absolute atomic E-state index is 1.01. The van der Waals surface area contributed by atoms with Crippen LogP contribution in [0.2, 0.25) is 19.6 Å². The van der Waals surface area contributed by atoms with E-state index in [1.807, 2.05) is 0 Å². The van der Waals surface area contributed by atoms with Crippen LogP contribution in [0, 0.1) is 0 Å². The van der Waals surface area contributed by atoms with Crippen LogP contribution < -0.4 is 5.19 Å². The first-order chi connectivity index (χ1) is 14.5. The first kappa shape index (κ1) is 16.4. The van der Waals surface area contributed by atoms with Crippen molar-refractivity contribution in [2.45, 2.75) is 19.6 Å². The summed E-state index contributed by atoms with van der Waals surface area (Å²) in [5, 5.41) is 6.72. The molecule has 0 bridgehead atoms. The summed E-state index contributed by atoms with van der Waals surface area (Å²) < 4.78 is 4.73. The highest BCUT2D eigenvalue weighted by molar-refractivity contribution is 6.89. The number of benzene rings is 4. The predicted molar refractivity (Wildman–Crippen MR) is 130 cm³/mol. The summed E-state index contributed by atoms with van der Waals surface area (Å²) in [6, 6.07) is 26.7. The fourth-order valence-corrected chi connectivity index (χ4v) is 6.17. The summed E-state index contributed by atoms with van der Waals surface area (Å²) in [6.45, 7) is 7.28. The lowest BCUT2D eigenvalue weighted by atomic mass is 10.1. The highest BCUT2D eigenvalue weighted by Crippen LogP contribution is 2.38. The summed E-state index contributed by atoms with van der Waals surface area (Å²) in [7, 11) is -1.50. The SMILES string of the molecule is C[Si](C)(C)c1cc2c3cc4ccccc4cc3n3c2c(c1)n1c2ccccc2nc13. The monoisotopic (exact) mass is 403 g/mol. The number of fused-ring (bicyclic) bond motifs is 9. The van der Waals surface area contributed by atoms with Gasteiger partial charge in [0, 0.05) is 10.8 Å². The highest BCUT2D eigenvalue weighted by Gasteiger charge is 2.25. The van der Waals surface area contributed by atoms with Crippen LogP contribution in [0.3, 0.4) is 0 Å². The molecule has 0 radical (unpaired) electrons.